The number of aromatic hydroxyl groups is 2. The molecule has 0 saturated heterocycles. The Morgan fingerprint density at radius 1 is 1.16 bits per heavy atom. The summed E-state index contributed by atoms with van der Waals surface area (Å²) in [5.74, 6) is -0.377. The van der Waals surface area contributed by atoms with Gasteiger partial charge in [-0.3, -0.25) is 0 Å². The van der Waals surface area contributed by atoms with Gasteiger partial charge in [0.2, 0.25) is 5.88 Å². The third-order valence-corrected chi connectivity index (χ3v) is 2.85. The Hall–Kier alpha value is -2.17. The Labute approximate surface area is 111 Å². The topological polar surface area (TPSA) is 78.1 Å². The molecule has 0 saturated carbocycles. The second-order valence-electron chi connectivity index (χ2n) is 4.32. The van der Waals surface area contributed by atoms with Crippen LogP contribution < -0.4 is 0 Å². The first-order chi connectivity index (χ1) is 9.24. The van der Waals surface area contributed by atoms with E-state index >= 15 is 0 Å². The van der Waals surface area contributed by atoms with E-state index in [-0.39, 0.29) is 17.3 Å². The highest BCUT2D eigenvalue weighted by molar-refractivity contribution is 5.90. The molecule has 2 rings (SSSR count). The lowest BCUT2D eigenvalue weighted by Gasteiger charge is -2.04. The highest BCUT2D eigenvalue weighted by Gasteiger charge is 2.13. The number of azo groups is 1. The van der Waals surface area contributed by atoms with E-state index in [1.807, 2.05) is 0 Å². The molecule has 0 unspecified atom stereocenters. The van der Waals surface area contributed by atoms with Gasteiger partial charge in [-0.25, -0.2) is 4.98 Å². The molecule has 0 aliphatic rings. The average Bonchev–Trinajstić information content (AvgIpc) is 2.42. The molecule has 0 aliphatic carbocycles. The summed E-state index contributed by atoms with van der Waals surface area (Å²) in [6.07, 6.45) is 3.15. The summed E-state index contributed by atoms with van der Waals surface area (Å²) >= 11 is 0. The number of nitrogens with zero attached hydrogens (tertiary/aromatic N) is 3. The Morgan fingerprint density at radius 3 is 2.74 bits per heavy atom. The fourth-order valence-corrected chi connectivity index (χ4v) is 1.82. The van der Waals surface area contributed by atoms with Gasteiger partial charge in [-0.2, -0.15) is 5.11 Å². The summed E-state index contributed by atoms with van der Waals surface area (Å²) in [5.41, 5.74) is 0.567. The van der Waals surface area contributed by atoms with Crippen LogP contribution in [0.4, 0.5) is 5.69 Å². The van der Waals surface area contributed by atoms with E-state index in [0.29, 0.717) is 17.4 Å². The third kappa shape index (κ3) is 2.99. The third-order valence-electron chi connectivity index (χ3n) is 2.85. The van der Waals surface area contributed by atoms with Crippen molar-refractivity contribution in [1.29, 1.82) is 0 Å². The minimum Gasteiger partial charge on any atom is -0.505 e. The second-order valence-corrected chi connectivity index (χ2v) is 4.32. The number of fused-ring (bicyclic) bond motifs is 1. The maximum absolute atomic E-state index is 10.1. The van der Waals surface area contributed by atoms with Crippen molar-refractivity contribution < 1.29 is 10.2 Å². The van der Waals surface area contributed by atoms with E-state index in [9.17, 15) is 10.2 Å². The molecule has 0 fully saturated rings. The van der Waals surface area contributed by atoms with Crippen molar-refractivity contribution in [3.8, 4) is 11.6 Å². The normalized spacial score (nSPS) is 11.4. The van der Waals surface area contributed by atoms with Crippen molar-refractivity contribution in [2.24, 2.45) is 10.2 Å². The number of hydrogen-bond acceptors (Lipinski definition) is 5. The van der Waals surface area contributed by atoms with Crippen LogP contribution in [0.5, 0.6) is 11.6 Å². The molecule has 1 aromatic heterocycles. The molecule has 2 N–H and O–H groups in total. The highest BCUT2D eigenvalue weighted by Crippen LogP contribution is 2.39. The van der Waals surface area contributed by atoms with Crippen LogP contribution in [0.15, 0.2) is 34.5 Å². The summed E-state index contributed by atoms with van der Waals surface area (Å²) in [7, 11) is 0. The van der Waals surface area contributed by atoms with Gasteiger partial charge in [-0.1, -0.05) is 31.9 Å². The SMILES string of the molecule is CCCCC/N=N/c1c(O)nc2ccccc2c1O. The predicted octanol–water partition coefficient (Wildman–Crippen LogP) is 3.92. The molecule has 0 atom stereocenters. The van der Waals surface area contributed by atoms with Gasteiger partial charge in [0.1, 0.15) is 0 Å². The molecule has 2 aromatic rings. The van der Waals surface area contributed by atoms with Crippen molar-refractivity contribution in [1.82, 2.24) is 4.98 Å². The lowest BCUT2D eigenvalue weighted by Crippen LogP contribution is -1.83. The predicted molar refractivity (Wildman–Crippen MR) is 74.0 cm³/mol. The Bertz CT molecular complexity index is 597. The Morgan fingerprint density at radius 2 is 1.95 bits per heavy atom. The van der Waals surface area contributed by atoms with Crippen LogP contribution in [0, 0.1) is 0 Å². The van der Waals surface area contributed by atoms with Gasteiger partial charge < -0.3 is 10.2 Å². The van der Waals surface area contributed by atoms with Crippen molar-refractivity contribution in [3.05, 3.63) is 24.3 Å². The standard InChI is InChI=1S/C14H17N3O2/c1-2-3-6-9-15-17-12-13(18)10-7-4-5-8-11(10)16-14(12)19/h4-5,7-8H,2-3,6,9H2,1H3,(H2,16,18,19)/b17-15+. The number of rotatable bonds is 5. The van der Waals surface area contributed by atoms with Crippen molar-refractivity contribution in [2.45, 2.75) is 26.2 Å². The van der Waals surface area contributed by atoms with Crippen LogP contribution in [0.3, 0.4) is 0 Å². The molecule has 0 spiro atoms. The summed E-state index contributed by atoms with van der Waals surface area (Å²) in [4.78, 5) is 3.99. The summed E-state index contributed by atoms with van der Waals surface area (Å²) in [6, 6.07) is 7.03. The Balaban J connectivity index is 2.27. The zero-order chi connectivity index (χ0) is 13.7. The second kappa shape index (κ2) is 6.13. The maximum Gasteiger partial charge on any atom is 0.243 e. The number of aromatic nitrogens is 1. The molecule has 0 aliphatic heterocycles. The van der Waals surface area contributed by atoms with E-state index in [1.54, 1.807) is 24.3 Å². The molecule has 0 amide bonds. The van der Waals surface area contributed by atoms with Gasteiger partial charge in [-0.05, 0) is 18.6 Å². The Kier molecular flexibility index (Phi) is 4.28. The summed E-state index contributed by atoms with van der Waals surface area (Å²) in [6.45, 7) is 2.70. The van der Waals surface area contributed by atoms with Crippen molar-refractivity contribution in [2.75, 3.05) is 6.54 Å². The van der Waals surface area contributed by atoms with Crippen molar-refractivity contribution in [3.63, 3.8) is 0 Å². The zero-order valence-corrected chi connectivity index (χ0v) is 10.9. The zero-order valence-electron chi connectivity index (χ0n) is 10.9. The van der Waals surface area contributed by atoms with Crippen LogP contribution in [-0.2, 0) is 0 Å². The minimum absolute atomic E-state index is 0.0372. The number of hydrogen-bond donors (Lipinski definition) is 2. The first-order valence-electron chi connectivity index (χ1n) is 6.42. The lowest BCUT2D eigenvalue weighted by atomic mass is 10.2. The van der Waals surface area contributed by atoms with Gasteiger partial charge in [0.25, 0.3) is 0 Å². The number of unbranched alkanes of at least 4 members (excludes halogenated alkanes) is 2. The lowest BCUT2D eigenvalue weighted by molar-refractivity contribution is 0.442. The number of pyridine rings is 1. The maximum atomic E-state index is 10.1. The van der Waals surface area contributed by atoms with Gasteiger partial charge >= 0.3 is 0 Å². The van der Waals surface area contributed by atoms with E-state index in [2.05, 4.69) is 22.1 Å². The van der Waals surface area contributed by atoms with Gasteiger partial charge in [-0.15, -0.1) is 5.11 Å². The van der Waals surface area contributed by atoms with Gasteiger partial charge in [0, 0.05) is 5.39 Å². The molecular formula is C14H17N3O2. The molecule has 5 heteroatoms. The molecule has 0 bridgehead atoms. The van der Waals surface area contributed by atoms with Crippen LogP contribution in [-0.4, -0.2) is 21.7 Å². The van der Waals surface area contributed by atoms with Crippen LogP contribution in [0.25, 0.3) is 10.9 Å². The monoisotopic (exact) mass is 259 g/mol. The van der Waals surface area contributed by atoms with E-state index < -0.39 is 0 Å². The first-order valence-corrected chi connectivity index (χ1v) is 6.42. The van der Waals surface area contributed by atoms with Crippen LogP contribution in [0.2, 0.25) is 0 Å². The molecule has 19 heavy (non-hydrogen) atoms. The van der Waals surface area contributed by atoms with E-state index in [1.165, 1.54) is 0 Å². The molecular weight excluding hydrogens is 242 g/mol. The quantitative estimate of drug-likeness (QED) is 0.631. The number of para-hydroxylation sites is 1. The number of benzene rings is 1. The molecule has 5 nitrogen and oxygen atoms in total. The van der Waals surface area contributed by atoms with Gasteiger partial charge in [0.05, 0.1) is 12.1 Å². The molecule has 1 aromatic carbocycles. The van der Waals surface area contributed by atoms with E-state index in [4.69, 9.17) is 0 Å². The van der Waals surface area contributed by atoms with Gasteiger partial charge in [0.15, 0.2) is 11.4 Å². The molecule has 0 radical (unpaired) electrons. The summed E-state index contributed by atoms with van der Waals surface area (Å²) in [5, 5.41) is 28.3. The molecule has 100 valence electrons. The highest BCUT2D eigenvalue weighted by atomic mass is 16.3. The average molecular weight is 259 g/mol. The largest absolute Gasteiger partial charge is 0.505 e. The first kappa shape index (κ1) is 13.3. The van der Waals surface area contributed by atoms with Crippen LogP contribution in [0.1, 0.15) is 26.2 Å². The fraction of sp³-hybridized carbons (Fsp3) is 0.357. The fourth-order valence-electron chi connectivity index (χ4n) is 1.82. The van der Waals surface area contributed by atoms with Crippen molar-refractivity contribution >= 4 is 16.6 Å². The molecule has 1 heterocycles. The summed E-state index contributed by atoms with van der Waals surface area (Å²) < 4.78 is 0. The van der Waals surface area contributed by atoms with Crippen LogP contribution >= 0.6 is 0 Å². The van der Waals surface area contributed by atoms with E-state index in [0.717, 1.165) is 19.3 Å². The minimum atomic E-state index is -0.296. The smallest absolute Gasteiger partial charge is 0.243 e.